The molecule has 0 fully saturated rings. The van der Waals surface area contributed by atoms with Crippen LogP contribution in [0.5, 0.6) is 0 Å². The number of nitro groups is 1. The molecule has 1 aromatic carbocycles. The molecule has 0 heterocycles. The molecule has 0 saturated heterocycles. The van der Waals surface area contributed by atoms with Crippen LogP contribution in [0.3, 0.4) is 0 Å². The molecule has 0 bridgehead atoms. The summed E-state index contributed by atoms with van der Waals surface area (Å²) in [5.74, 6) is -1.71. The number of esters is 2. The van der Waals surface area contributed by atoms with Crippen molar-refractivity contribution < 1.29 is 24.0 Å². The fourth-order valence-corrected chi connectivity index (χ4v) is 2.00. The van der Waals surface area contributed by atoms with Gasteiger partial charge < -0.3 is 9.47 Å². The van der Waals surface area contributed by atoms with Crippen molar-refractivity contribution in [3.63, 3.8) is 0 Å². The fraction of sp³-hybridized carbons (Fsp3) is 0.375. The van der Waals surface area contributed by atoms with Crippen molar-refractivity contribution in [1.82, 2.24) is 0 Å². The number of hydrogen-bond acceptors (Lipinski definition) is 6. The Balaban J connectivity index is 3.12. The van der Waals surface area contributed by atoms with Crippen LogP contribution in [0.2, 0.25) is 5.02 Å². The first kappa shape index (κ1) is 19.6. The molecule has 0 aliphatic carbocycles. The largest absolute Gasteiger partial charge is 0.463 e. The van der Waals surface area contributed by atoms with Gasteiger partial charge in [0.2, 0.25) is 0 Å². The molecule has 130 valence electrons. The molecule has 1 unspecified atom stereocenters. The summed E-state index contributed by atoms with van der Waals surface area (Å²) in [6, 6.07) is 4.85. The van der Waals surface area contributed by atoms with E-state index in [-0.39, 0.29) is 18.8 Å². The Kier molecular flexibility index (Phi) is 7.91. The second-order valence-corrected chi connectivity index (χ2v) is 5.14. The van der Waals surface area contributed by atoms with Gasteiger partial charge in [0.05, 0.1) is 19.6 Å². The number of rotatable bonds is 8. The predicted molar refractivity (Wildman–Crippen MR) is 88.1 cm³/mol. The molecular formula is C16H18ClNO6. The molecule has 0 amide bonds. The first-order valence-electron chi connectivity index (χ1n) is 7.32. The Morgan fingerprint density at radius 2 is 1.79 bits per heavy atom. The minimum Gasteiger partial charge on any atom is -0.463 e. The van der Waals surface area contributed by atoms with E-state index in [1.165, 1.54) is 6.08 Å². The minimum absolute atomic E-state index is 0.00826. The maximum absolute atomic E-state index is 12.1. The molecule has 0 saturated carbocycles. The van der Waals surface area contributed by atoms with Gasteiger partial charge in [-0.15, -0.1) is 0 Å². The van der Waals surface area contributed by atoms with Gasteiger partial charge in [0.25, 0.3) is 0 Å². The molecule has 7 nitrogen and oxygen atoms in total. The van der Waals surface area contributed by atoms with Crippen LogP contribution in [0, 0.1) is 10.1 Å². The lowest BCUT2D eigenvalue weighted by Crippen LogP contribution is -2.33. The van der Waals surface area contributed by atoms with Gasteiger partial charge in [-0.3, -0.25) is 10.1 Å². The number of hydrogen-bond donors (Lipinski definition) is 0. The zero-order chi connectivity index (χ0) is 18.1. The van der Waals surface area contributed by atoms with Gasteiger partial charge in [0.1, 0.15) is 0 Å². The zero-order valence-electron chi connectivity index (χ0n) is 13.4. The van der Waals surface area contributed by atoms with E-state index in [2.05, 4.69) is 0 Å². The quantitative estimate of drug-likeness (QED) is 0.308. The maximum Gasteiger partial charge on any atom is 0.382 e. The van der Waals surface area contributed by atoms with Gasteiger partial charge in [-0.2, -0.15) is 0 Å². The summed E-state index contributed by atoms with van der Waals surface area (Å²) in [6.45, 7) is 3.29. The highest BCUT2D eigenvalue weighted by Gasteiger charge is 2.34. The van der Waals surface area contributed by atoms with Gasteiger partial charge >= 0.3 is 18.0 Å². The minimum atomic E-state index is -1.67. The summed E-state index contributed by atoms with van der Waals surface area (Å²) in [5, 5.41) is 11.7. The first-order valence-corrected chi connectivity index (χ1v) is 7.70. The molecule has 0 radical (unpaired) electrons. The predicted octanol–water partition coefficient (Wildman–Crippen LogP) is 2.89. The highest BCUT2D eigenvalue weighted by molar-refractivity contribution is 6.30. The maximum atomic E-state index is 12.1. The van der Waals surface area contributed by atoms with Crippen LogP contribution in [-0.2, 0) is 19.1 Å². The van der Waals surface area contributed by atoms with Gasteiger partial charge in [-0.25, -0.2) is 9.59 Å². The highest BCUT2D eigenvalue weighted by Crippen LogP contribution is 2.18. The highest BCUT2D eigenvalue weighted by atomic mass is 35.5. The van der Waals surface area contributed by atoms with Gasteiger partial charge in [0, 0.05) is 15.5 Å². The van der Waals surface area contributed by atoms with Crippen molar-refractivity contribution in [2.75, 3.05) is 13.2 Å². The first-order chi connectivity index (χ1) is 11.4. The lowest BCUT2D eigenvalue weighted by molar-refractivity contribution is -0.509. The summed E-state index contributed by atoms with van der Waals surface area (Å²) in [5.41, 5.74) is 0.613. The Hall–Kier alpha value is -2.41. The molecule has 0 N–H and O–H groups in total. The third-order valence-electron chi connectivity index (χ3n) is 2.97. The molecular weight excluding hydrogens is 338 g/mol. The molecule has 1 aromatic rings. The Bertz CT molecular complexity index is 626. The van der Waals surface area contributed by atoms with E-state index in [1.54, 1.807) is 38.1 Å². The summed E-state index contributed by atoms with van der Waals surface area (Å²) in [7, 11) is 0. The van der Waals surface area contributed by atoms with Crippen molar-refractivity contribution >= 4 is 29.6 Å². The SMILES string of the molecule is CCOC(=O)/C(=C\c1ccc(Cl)cc1)CC(C(=O)OCC)[N+](=O)[O-]. The van der Waals surface area contributed by atoms with Crippen LogP contribution in [0.25, 0.3) is 6.08 Å². The van der Waals surface area contributed by atoms with Crippen molar-refractivity contribution in [3.8, 4) is 0 Å². The smallest absolute Gasteiger partial charge is 0.382 e. The Morgan fingerprint density at radius 3 is 2.29 bits per heavy atom. The molecule has 0 aliphatic rings. The van der Waals surface area contributed by atoms with Crippen LogP contribution >= 0.6 is 11.6 Å². The lowest BCUT2D eigenvalue weighted by atomic mass is 10.0. The van der Waals surface area contributed by atoms with E-state index in [0.29, 0.717) is 10.6 Å². The van der Waals surface area contributed by atoms with Crippen LogP contribution in [-0.4, -0.2) is 36.1 Å². The van der Waals surface area contributed by atoms with Crippen molar-refractivity contribution in [3.05, 3.63) is 50.5 Å². The average Bonchev–Trinajstić information content (AvgIpc) is 2.53. The normalized spacial score (nSPS) is 12.4. The average molecular weight is 356 g/mol. The Labute approximate surface area is 144 Å². The van der Waals surface area contributed by atoms with Crippen LogP contribution in [0.1, 0.15) is 25.8 Å². The molecule has 8 heteroatoms. The summed E-state index contributed by atoms with van der Waals surface area (Å²) >= 11 is 5.80. The fourth-order valence-electron chi connectivity index (χ4n) is 1.88. The summed E-state index contributed by atoms with van der Waals surface area (Å²) in [4.78, 5) is 34.2. The van der Waals surface area contributed by atoms with Crippen molar-refractivity contribution in [1.29, 1.82) is 0 Å². The molecule has 24 heavy (non-hydrogen) atoms. The monoisotopic (exact) mass is 355 g/mol. The standard InChI is InChI=1S/C16H18ClNO6/c1-3-23-15(19)12(9-11-5-7-13(17)8-6-11)10-14(18(21)22)16(20)24-4-2/h5-9,14H,3-4,10H2,1-2H3/b12-9-. The van der Waals surface area contributed by atoms with Gasteiger partial charge in [-0.1, -0.05) is 23.7 Å². The van der Waals surface area contributed by atoms with Crippen LogP contribution in [0.4, 0.5) is 0 Å². The molecule has 1 rings (SSSR count). The molecule has 0 aliphatic heterocycles. The summed E-state index contributed by atoms with van der Waals surface area (Å²) < 4.78 is 9.61. The topological polar surface area (TPSA) is 95.7 Å². The Morgan fingerprint density at radius 1 is 1.21 bits per heavy atom. The number of ether oxygens (including phenoxy) is 2. The second kappa shape index (κ2) is 9.67. The van der Waals surface area contributed by atoms with Crippen molar-refractivity contribution in [2.45, 2.75) is 26.3 Å². The van der Waals surface area contributed by atoms with E-state index >= 15 is 0 Å². The van der Waals surface area contributed by atoms with Gasteiger partial charge in [-0.05, 0) is 37.6 Å². The van der Waals surface area contributed by atoms with Crippen LogP contribution < -0.4 is 0 Å². The van der Waals surface area contributed by atoms with E-state index < -0.39 is 29.3 Å². The van der Waals surface area contributed by atoms with Crippen LogP contribution in [0.15, 0.2) is 29.8 Å². The number of halogens is 1. The third kappa shape index (κ3) is 6.00. The van der Waals surface area contributed by atoms with E-state index in [9.17, 15) is 19.7 Å². The summed E-state index contributed by atoms with van der Waals surface area (Å²) in [6.07, 6.45) is 1.01. The van der Waals surface area contributed by atoms with Crippen molar-refractivity contribution in [2.24, 2.45) is 0 Å². The molecule has 0 aromatic heterocycles. The third-order valence-corrected chi connectivity index (χ3v) is 3.23. The van der Waals surface area contributed by atoms with E-state index in [1.807, 2.05) is 0 Å². The molecule has 0 spiro atoms. The molecule has 1 atom stereocenters. The number of nitrogens with zero attached hydrogens (tertiary/aromatic N) is 1. The zero-order valence-corrected chi connectivity index (χ0v) is 14.1. The lowest BCUT2D eigenvalue weighted by Gasteiger charge is -2.11. The number of benzene rings is 1. The van der Waals surface area contributed by atoms with E-state index in [0.717, 1.165) is 0 Å². The second-order valence-electron chi connectivity index (χ2n) is 4.70. The number of carbonyl (C=O) groups is 2. The number of carbonyl (C=O) groups excluding carboxylic acids is 2. The van der Waals surface area contributed by atoms with E-state index in [4.69, 9.17) is 21.1 Å². The van der Waals surface area contributed by atoms with Gasteiger partial charge in [0.15, 0.2) is 0 Å².